The molecule has 0 amide bonds. The van der Waals surface area contributed by atoms with E-state index in [1.165, 1.54) is 0 Å². The van der Waals surface area contributed by atoms with Crippen LogP contribution < -0.4 is 11.1 Å². The van der Waals surface area contributed by atoms with Crippen LogP contribution in [0.3, 0.4) is 0 Å². The van der Waals surface area contributed by atoms with Gasteiger partial charge in [0.1, 0.15) is 6.04 Å². The van der Waals surface area contributed by atoms with Crippen LogP contribution in [0.25, 0.3) is 0 Å². The molecule has 13 heavy (non-hydrogen) atoms. The van der Waals surface area contributed by atoms with Crippen LogP contribution in [0.5, 0.6) is 0 Å². The molecule has 1 atom stereocenters. The molecule has 0 aromatic heterocycles. The normalized spacial score (nSPS) is 12.4. The maximum Gasteiger partial charge on any atom is 0.320 e. The second-order valence-electron chi connectivity index (χ2n) is 2.60. The number of nitrogens with two attached hydrogens (primary N) is 1. The quantitative estimate of drug-likeness (QED) is 0.403. The molecule has 6 heteroatoms. The van der Waals surface area contributed by atoms with E-state index < -0.39 is 18.0 Å². The van der Waals surface area contributed by atoms with Crippen LogP contribution in [0.15, 0.2) is 0 Å². The summed E-state index contributed by atoms with van der Waals surface area (Å²) < 4.78 is 0. The van der Waals surface area contributed by atoms with Gasteiger partial charge in [0.15, 0.2) is 0 Å². The zero-order chi connectivity index (χ0) is 10.3. The highest BCUT2D eigenvalue weighted by Crippen LogP contribution is 1.95. The first-order valence-electron chi connectivity index (χ1n) is 3.96. The van der Waals surface area contributed by atoms with Gasteiger partial charge in [-0.1, -0.05) is 0 Å². The van der Waals surface area contributed by atoms with Crippen LogP contribution in [-0.4, -0.2) is 41.3 Å². The van der Waals surface area contributed by atoms with E-state index in [2.05, 4.69) is 5.32 Å². The molecule has 0 aromatic rings. The SMILES string of the molecule is NCCCC(NCC(=O)O)C(=O)O. The second kappa shape index (κ2) is 6.38. The van der Waals surface area contributed by atoms with E-state index in [9.17, 15) is 9.59 Å². The lowest BCUT2D eigenvalue weighted by Gasteiger charge is -2.11. The molecule has 1 unspecified atom stereocenters. The maximum atomic E-state index is 10.5. The molecular weight excluding hydrogens is 176 g/mol. The highest BCUT2D eigenvalue weighted by molar-refractivity contribution is 5.75. The zero-order valence-electron chi connectivity index (χ0n) is 7.19. The second-order valence-corrected chi connectivity index (χ2v) is 2.60. The van der Waals surface area contributed by atoms with Gasteiger partial charge in [0.2, 0.25) is 0 Å². The monoisotopic (exact) mass is 190 g/mol. The Morgan fingerprint density at radius 3 is 2.38 bits per heavy atom. The standard InChI is InChI=1S/C7H14N2O4/c8-3-1-2-5(7(12)13)9-4-6(10)11/h5,9H,1-4,8H2,(H,10,11)(H,12,13). The van der Waals surface area contributed by atoms with Gasteiger partial charge in [-0.25, -0.2) is 0 Å². The summed E-state index contributed by atoms with van der Waals surface area (Å²) in [5.41, 5.74) is 5.20. The van der Waals surface area contributed by atoms with E-state index in [0.717, 1.165) is 0 Å². The molecule has 0 saturated heterocycles. The molecule has 0 heterocycles. The number of nitrogens with one attached hydrogen (secondary N) is 1. The number of hydrogen-bond donors (Lipinski definition) is 4. The molecule has 76 valence electrons. The van der Waals surface area contributed by atoms with Crippen LogP contribution in [0.2, 0.25) is 0 Å². The topological polar surface area (TPSA) is 113 Å². The average Bonchev–Trinajstić information content (AvgIpc) is 2.03. The van der Waals surface area contributed by atoms with Crippen molar-refractivity contribution in [2.75, 3.05) is 13.1 Å². The van der Waals surface area contributed by atoms with Crippen molar-refractivity contribution >= 4 is 11.9 Å². The summed E-state index contributed by atoms with van der Waals surface area (Å²) in [6.45, 7) is 0.0556. The highest BCUT2D eigenvalue weighted by Gasteiger charge is 2.16. The van der Waals surface area contributed by atoms with Crippen molar-refractivity contribution in [1.29, 1.82) is 0 Å². The van der Waals surface area contributed by atoms with E-state index in [4.69, 9.17) is 15.9 Å². The third-order valence-corrected chi connectivity index (χ3v) is 1.49. The molecule has 6 nitrogen and oxygen atoms in total. The van der Waals surface area contributed by atoms with Gasteiger partial charge < -0.3 is 15.9 Å². The number of aliphatic carboxylic acids is 2. The van der Waals surface area contributed by atoms with E-state index in [1.54, 1.807) is 0 Å². The number of carbonyl (C=O) groups is 2. The van der Waals surface area contributed by atoms with Gasteiger partial charge in [-0.05, 0) is 19.4 Å². The lowest BCUT2D eigenvalue weighted by molar-refractivity contribution is -0.140. The number of carboxylic acid groups (broad SMARTS) is 2. The molecule has 0 aromatic carbocycles. The molecular formula is C7H14N2O4. The Kier molecular flexibility index (Phi) is 5.82. The van der Waals surface area contributed by atoms with Crippen molar-refractivity contribution in [3.05, 3.63) is 0 Å². The number of carboxylic acids is 2. The molecule has 0 saturated carbocycles. The fourth-order valence-electron chi connectivity index (χ4n) is 0.845. The number of hydrogen-bond acceptors (Lipinski definition) is 4. The van der Waals surface area contributed by atoms with Gasteiger partial charge in [0.25, 0.3) is 0 Å². The Labute approximate surface area is 75.7 Å². The smallest absolute Gasteiger partial charge is 0.320 e. The lowest BCUT2D eigenvalue weighted by Crippen LogP contribution is -2.39. The van der Waals surface area contributed by atoms with Crippen LogP contribution in [0, 0.1) is 0 Å². The minimum absolute atomic E-state index is 0.346. The predicted molar refractivity (Wildman–Crippen MR) is 45.4 cm³/mol. The summed E-state index contributed by atoms with van der Waals surface area (Å²) in [5.74, 6) is -2.12. The van der Waals surface area contributed by atoms with Gasteiger partial charge in [-0.2, -0.15) is 0 Å². The highest BCUT2D eigenvalue weighted by atomic mass is 16.4. The van der Waals surface area contributed by atoms with Crippen LogP contribution in [0.1, 0.15) is 12.8 Å². The van der Waals surface area contributed by atoms with E-state index in [1.807, 2.05) is 0 Å². The van der Waals surface area contributed by atoms with Crippen LogP contribution in [-0.2, 0) is 9.59 Å². The Hall–Kier alpha value is -1.14. The summed E-state index contributed by atoms with van der Waals surface area (Å²) in [7, 11) is 0. The first-order chi connectivity index (χ1) is 6.07. The fourth-order valence-corrected chi connectivity index (χ4v) is 0.845. The van der Waals surface area contributed by atoms with Gasteiger partial charge in [-0.15, -0.1) is 0 Å². The minimum atomic E-state index is -1.07. The Balaban J connectivity index is 3.80. The predicted octanol–water partition coefficient (Wildman–Crippen LogP) is -1.15. The van der Waals surface area contributed by atoms with Crippen molar-refractivity contribution in [1.82, 2.24) is 5.32 Å². The van der Waals surface area contributed by atoms with Crippen molar-refractivity contribution in [2.45, 2.75) is 18.9 Å². The lowest BCUT2D eigenvalue weighted by atomic mass is 10.1. The summed E-state index contributed by atoms with van der Waals surface area (Å²) in [6, 6.07) is -0.820. The molecule has 0 rings (SSSR count). The fraction of sp³-hybridized carbons (Fsp3) is 0.714. The van der Waals surface area contributed by atoms with E-state index in [0.29, 0.717) is 19.4 Å². The molecule has 0 aliphatic carbocycles. The van der Waals surface area contributed by atoms with E-state index in [-0.39, 0.29) is 6.54 Å². The molecule has 5 N–H and O–H groups in total. The van der Waals surface area contributed by atoms with Crippen molar-refractivity contribution < 1.29 is 19.8 Å². The maximum absolute atomic E-state index is 10.5. The minimum Gasteiger partial charge on any atom is -0.480 e. The first kappa shape index (κ1) is 11.9. The van der Waals surface area contributed by atoms with Gasteiger partial charge in [0.05, 0.1) is 6.54 Å². The first-order valence-corrected chi connectivity index (χ1v) is 3.96. The summed E-state index contributed by atoms with van der Waals surface area (Å²) in [5, 5.41) is 19.3. The van der Waals surface area contributed by atoms with Crippen molar-refractivity contribution in [3.8, 4) is 0 Å². The Bertz CT molecular complexity index is 183. The van der Waals surface area contributed by atoms with Crippen LogP contribution >= 0.6 is 0 Å². The molecule has 0 aliphatic heterocycles. The summed E-state index contributed by atoms with van der Waals surface area (Å²) in [6.07, 6.45) is 0.905. The summed E-state index contributed by atoms with van der Waals surface area (Å²) in [4.78, 5) is 20.6. The van der Waals surface area contributed by atoms with Crippen molar-refractivity contribution in [3.63, 3.8) is 0 Å². The number of rotatable bonds is 7. The third kappa shape index (κ3) is 6.06. The van der Waals surface area contributed by atoms with E-state index >= 15 is 0 Å². The van der Waals surface area contributed by atoms with Gasteiger partial charge in [-0.3, -0.25) is 14.9 Å². The zero-order valence-corrected chi connectivity index (χ0v) is 7.19. The van der Waals surface area contributed by atoms with Gasteiger partial charge >= 0.3 is 11.9 Å². The molecule has 0 bridgehead atoms. The van der Waals surface area contributed by atoms with Crippen LogP contribution in [0.4, 0.5) is 0 Å². The molecule has 0 spiro atoms. The molecule has 0 aliphatic rings. The largest absolute Gasteiger partial charge is 0.480 e. The summed E-state index contributed by atoms with van der Waals surface area (Å²) >= 11 is 0. The third-order valence-electron chi connectivity index (χ3n) is 1.49. The van der Waals surface area contributed by atoms with Gasteiger partial charge in [0, 0.05) is 0 Å². The Morgan fingerprint density at radius 1 is 1.38 bits per heavy atom. The Morgan fingerprint density at radius 2 is 2.00 bits per heavy atom. The molecule has 0 fully saturated rings. The average molecular weight is 190 g/mol. The molecule has 0 radical (unpaired) electrons. The van der Waals surface area contributed by atoms with Crippen molar-refractivity contribution in [2.24, 2.45) is 5.73 Å².